The van der Waals surface area contributed by atoms with Crippen LogP contribution in [0.1, 0.15) is 61.0 Å². The number of carbonyl (C=O) groups excluding carboxylic acids is 3. The molecule has 2 aromatic carbocycles. The first-order valence-electron chi connectivity index (χ1n) is 13.7. The highest BCUT2D eigenvalue weighted by atomic mass is 16.8. The molecular formula is C33H36O9. The zero-order valence-electron chi connectivity index (χ0n) is 23.9. The minimum atomic E-state index is -1.00. The number of aryl methyl sites for hydroxylation is 1. The molecule has 9 heteroatoms. The van der Waals surface area contributed by atoms with Crippen molar-refractivity contribution >= 4 is 23.7 Å². The predicted molar refractivity (Wildman–Crippen MR) is 157 cm³/mol. The first kappa shape index (κ1) is 31.7. The topological polar surface area (TPSA) is 129 Å². The Morgan fingerprint density at radius 1 is 1.07 bits per heavy atom. The van der Waals surface area contributed by atoms with Crippen LogP contribution < -0.4 is 0 Å². The Morgan fingerprint density at radius 2 is 1.81 bits per heavy atom. The molecule has 0 amide bonds. The SMILES string of the molecule is C=C(C)C(=O)OC/C=C(\C(=C/C(=C)c1ccc(CCCCCC)cc1)OC(=O)c1cc(O)ccc1O)C1COC(=O)O1. The van der Waals surface area contributed by atoms with Gasteiger partial charge in [-0.1, -0.05) is 63.6 Å². The zero-order chi connectivity index (χ0) is 30.6. The number of carbonyl (C=O) groups is 3. The van der Waals surface area contributed by atoms with Gasteiger partial charge in [0.1, 0.15) is 36.0 Å². The summed E-state index contributed by atoms with van der Waals surface area (Å²) in [4.78, 5) is 36.9. The molecule has 0 bridgehead atoms. The van der Waals surface area contributed by atoms with Gasteiger partial charge < -0.3 is 29.2 Å². The zero-order valence-corrected chi connectivity index (χ0v) is 23.9. The molecule has 1 fully saturated rings. The van der Waals surface area contributed by atoms with E-state index in [1.165, 1.54) is 50.0 Å². The van der Waals surface area contributed by atoms with Gasteiger partial charge in [0, 0.05) is 11.1 Å². The number of ether oxygens (including phenoxy) is 4. The highest BCUT2D eigenvalue weighted by molar-refractivity contribution is 5.94. The number of allylic oxidation sites excluding steroid dienone is 2. The van der Waals surface area contributed by atoms with E-state index in [4.69, 9.17) is 18.9 Å². The highest BCUT2D eigenvalue weighted by Crippen LogP contribution is 2.30. The molecule has 42 heavy (non-hydrogen) atoms. The summed E-state index contributed by atoms with van der Waals surface area (Å²) < 4.78 is 21.1. The quantitative estimate of drug-likeness (QED) is 0.0489. The highest BCUT2D eigenvalue weighted by Gasteiger charge is 2.32. The second kappa shape index (κ2) is 15.3. The van der Waals surface area contributed by atoms with Gasteiger partial charge in [-0.25, -0.2) is 14.4 Å². The lowest BCUT2D eigenvalue weighted by Crippen LogP contribution is -2.20. The van der Waals surface area contributed by atoms with Crippen molar-refractivity contribution in [2.45, 2.75) is 52.1 Å². The second-order valence-corrected chi connectivity index (χ2v) is 9.84. The number of hydrogen-bond acceptors (Lipinski definition) is 9. The van der Waals surface area contributed by atoms with Crippen LogP contribution in [0.2, 0.25) is 0 Å². The molecule has 0 aromatic heterocycles. The monoisotopic (exact) mass is 576 g/mol. The van der Waals surface area contributed by atoms with Crippen molar-refractivity contribution in [3.63, 3.8) is 0 Å². The number of rotatable bonds is 14. The normalized spacial score (nSPS) is 15.0. The number of unbranched alkanes of at least 4 members (excludes halogenated alkanes) is 3. The van der Waals surface area contributed by atoms with Crippen molar-refractivity contribution in [2.24, 2.45) is 0 Å². The molecule has 1 aliphatic heterocycles. The van der Waals surface area contributed by atoms with E-state index in [1.807, 2.05) is 24.3 Å². The molecule has 2 aromatic rings. The number of aromatic hydroxyl groups is 2. The fourth-order valence-corrected chi connectivity index (χ4v) is 4.10. The average Bonchev–Trinajstić information content (AvgIpc) is 3.40. The summed E-state index contributed by atoms with van der Waals surface area (Å²) in [6.45, 7) is 10.9. The molecule has 3 rings (SSSR count). The van der Waals surface area contributed by atoms with Crippen molar-refractivity contribution in [3.05, 3.63) is 101 Å². The van der Waals surface area contributed by atoms with Crippen LogP contribution in [0.25, 0.3) is 5.57 Å². The summed E-state index contributed by atoms with van der Waals surface area (Å²) in [5, 5.41) is 20.1. The lowest BCUT2D eigenvalue weighted by Gasteiger charge is -2.17. The van der Waals surface area contributed by atoms with E-state index in [-0.39, 0.29) is 41.4 Å². The van der Waals surface area contributed by atoms with Crippen LogP contribution >= 0.6 is 0 Å². The molecule has 0 spiro atoms. The maximum Gasteiger partial charge on any atom is 0.509 e. The Bertz CT molecular complexity index is 1380. The Hall–Kier alpha value is -4.79. The van der Waals surface area contributed by atoms with E-state index in [0.717, 1.165) is 30.5 Å². The Labute approximate surface area is 245 Å². The molecule has 1 unspecified atom stereocenters. The summed E-state index contributed by atoms with van der Waals surface area (Å²) in [7, 11) is 0. The van der Waals surface area contributed by atoms with Crippen LogP contribution in [0.4, 0.5) is 4.79 Å². The summed E-state index contributed by atoms with van der Waals surface area (Å²) in [5.41, 5.74) is 2.44. The largest absolute Gasteiger partial charge is 0.509 e. The van der Waals surface area contributed by atoms with E-state index in [2.05, 4.69) is 20.1 Å². The average molecular weight is 577 g/mol. The summed E-state index contributed by atoms with van der Waals surface area (Å²) in [6, 6.07) is 11.3. The number of phenolic OH excluding ortho intramolecular Hbond substituents is 2. The minimum absolute atomic E-state index is 0.0916. The Morgan fingerprint density at radius 3 is 2.45 bits per heavy atom. The van der Waals surface area contributed by atoms with E-state index in [1.54, 1.807) is 0 Å². The van der Waals surface area contributed by atoms with Crippen LogP contribution in [0.3, 0.4) is 0 Å². The fourth-order valence-electron chi connectivity index (χ4n) is 4.10. The first-order chi connectivity index (χ1) is 20.1. The molecule has 222 valence electrons. The van der Waals surface area contributed by atoms with Gasteiger partial charge in [-0.2, -0.15) is 0 Å². The number of cyclic esters (lactones) is 2. The van der Waals surface area contributed by atoms with E-state index in [0.29, 0.717) is 5.57 Å². The number of benzene rings is 2. The molecule has 1 atom stereocenters. The third-order valence-corrected chi connectivity index (χ3v) is 6.44. The lowest BCUT2D eigenvalue weighted by molar-refractivity contribution is -0.137. The molecule has 1 heterocycles. The molecule has 1 saturated heterocycles. The third kappa shape index (κ3) is 9.12. The van der Waals surface area contributed by atoms with Gasteiger partial charge in [0.2, 0.25) is 0 Å². The van der Waals surface area contributed by atoms with Gasteiger partial charge in [0.15, 0.2) is 6.10 Å². The van der Waals surface area contributed by atoms with Gasteiger partial charge in [0.25, 0.3) is 0 Å². The predicted octanol–water partition coefficient (Wildman–Crippen LogP) is 6.56. The lowest BCUT2D eigenvalue weighted by atomic mass is 9.99. The van der Waals surface area contributed by atoms with Crippen LogP contribution in [-0.4, -0.2) is 47.6 Å². The van der Waals surface area contributed by atoms with Gasteiger partial charge >= 0.3 is 18.1 Å². The second-order valence-electron chi connectivity index (χ2n) is 9.84. The molecule has 9 nitrogen and oxygen atoms in total. The van der Waals surface area contributed by atoms with Crippen molar-refractivity contribution in [1.82, 2.24) is 0 Å². The number of phenols is 2. The van der Waals surface area contributed by atoms with Gasteiger partial charge in [0.05, 0.1) is 0 Å². The summed E-state index contributed by atoms with van der Waals surface area (Å²) >= 11 is 0. The number of hydrogen-bond donors (Lipinski definition) is 2. The van der Waals surface area contributed by atoms with Gasteiger partial charge in [-0.3, -0.25) is 0 Å². The molecule has 0 aliphatic carbocycles. The van der Waals surface area contributed by atoms with Crippen molar-refractivity contribution < 1.29 is 43.5 Å². The standard InChI is InChI=1S/C33H36O9/c1-5-6-7-8-9-23-10-12-24(13-11-23)22(4)18-29(41-32(37)27-19-25(34)14-15-28(27)35)26(30-20-40-33(38)42-30)16-17-39-31(36)21(2)3/h10-16,18-19,30,34-35H,2,4-9,17,20H2,1,3H3/b26-16+,29-18+. The van der Waals surface area contributed by atoms with Gasteiger partial charge in [-0.05, 0) is 66.8 Å². The Kier molecular flexibility index (Phi) is 11.5. The molecule has 0 saturated carbocycles. The summed E-state index contributed by atoms with van der Waals surface area (Å²) in [6.07, 6.45) is 6.57. The van der Waals surface area contributed by atoms with Crippen LogP contribution in [0.5, 0.6) is 11.5 Å². The minimum Gasteiger partial charge on any atom is -0.508 e. The van der Waals surface area contributed by atoms with E-state index in [9.17, 15) is 24.6 Å². The van der Waals surface area contributed by atoms with Gasteiger partial charge in [-0.15, -0.1) is 0 Å². The molecular weight excluding hydrogens is 540 g/mol. The van der Waals surface area contributed by atoms with E-state index < -0.39 is 29.9 Å². The number of esters is 2. The summed E-state index contributed by atoms with van der Waals surface area (Å²) in [5.74, 6) is -2.41. The third-order valence-electron chi connectivity index (χ3n) is 6.44. The molecule has 0 radical (unpaired) electrons. The molecule has 1 aliphatic rings. The molecule has 2 N–H and O–H groups in total. The first-order valence-corrected chi connectivity index (χ1v) is 13.7. The van der Waals surface area contributed by atoms with Crippen LogP contribution in [0.15, 0.2) is 84.7 Å². The fraction of sp³-hybridized carbons (Fsp3) is 0.303. The smallest absolute Gasteiger partial charge is 0.508 e. The van der Waals surface area contributed by atoms with Crippen molar-refractivity contribution in [2.75, 3.05) is 13.2 Å². The maximum atomic E-state index is 13.2. The van der Waals surface area contributed by atoms with Crippen LogP contribution in [0, 0.1) is 0 Å². The maximum absolute atomic E-state index is 13.2. The van der Waals surface area contributed by atoms with Crippen molar-refractivity contribution in [3.8, 4) is 11.5 Å². The Balaban J connectivity index is 1.97. The van der Waals surface area contributed by atoms with Crippen LogP contribution in [-0.2, 0) is 30.2 Å². The van der Waals surface area contributed by atoms with E-state index >= 15 is 0 Å². The van der Waals surface area contributed by atoms with Crippen molar-refractivity contribution in [1.29, 1.82) is 0 Å².